The molecule has 0 bridgehead atoms. The summed E-state index contributed by atoms with van der Waals surface area (Å²) in [6, 6.07) is 7.25. The number of rotatable bonds is 0. The Morgan fingerprint density at radius 1 is 1.44 bits per heavy atom. The Labute approximate surface area is 97.5 Å². The normalized spacial score (nSPS) is 10.4. The van der Waals surface area contributed by atoms with E-state index >= 15 is 0 Å². The van der Waals surface area contributed by atoms with Crippen molar-refractivity contribution in [2.45, 2.75) is 6.92 Å². The molecule has 80 valence electrons. The van der Waals surface area contributed by atoms with Crippen LogP contribution in [0.25, 0.3) is 10.9 Å². The van der Waals surface area contributed by atoms with Crippen LogP contribution in [0.1, 0.15) is 11.1 Å². The zero-order valence-corrected chi connectivity index (χ0v) is 9.67. The van der Waals surface area contributed by atoms with Crippen LogP contribution < -0.4 is 5.56 Å². The lowest BCUT2D eigenvalue weighted by molar-refractivity contribution is 0.897. The maximum absolute atomic E-state index is 11.8. The Balaban J connectivity index is 3.09. The SMILES string of the molecule is Cc1c(C#N)c(=O)n(C)c2cc(Cl)ccc12. The van der Waals surface area contributed by atoms with Gasteiger partial charge < -0.3 is 4.57 Å². The third-order valence-corrected chi connectivity index (χ3v) is 2.97. The van der Waals surface area contributed by atoms with Gasteiger partial charge in [0.15, 0.2) is 0 Å². The molecule has 0 aliphatic carbocycles. The van der Waals surface area contributed by atoms with Crippen LogP contribution >= 0.6 is 11.6 Å². The molecule has 16 heavy (non-hydrogen) atoms. The van der Waals surface area contributed by atoms with Gasteiger partial charge in [-0.3, -0.25) is 4.79 Å². The van der Waals surface area contributed by atoms with Crippen LogP contribution in [0.15, 0.2) is 23.0 Å². The average molecular weight is 233 g/mol. The Morgan fingerprint density at radius 3 is 2.75 bits per heavy atom. The molecule has 4 heteroatoms. The number of halogens is 1. The van der Waals surface area contributed by atoms with Crippen molar-refractivity contribution >= 4 is 22.5 Å². The summed E-state index contributed by atoms with van der Waals surface area (Å²) in [4.78, 5) is 11.8. The summed E-state index contributed by atoms with van der Waals surface area (Å²) in [5.74, 6) is 0. The quantitative estimate of drug-likeness (QED) is 0.700. The van der Waals surface area contributed by atoms with Gasteiger partial charge in [-0.05, 0) is 24.6 Å². The van der Waals surface area contributed by atoms with E-state index in [-0.39, 0.29) is 11.1 Å². The predicted octanol–water partition coefficient (Wildman–Crippen LogP) is 2.37. The number of hydrogen-bond donors (Lipinski definition) is 0. The molecule has 1 aromatic heterocycles. The lowest BCUT2D eigenvalue weighted by Gasteiger charge is -2.09. The monoisotopic (exact) mass is 232 g/mol. The second-order valence-electron chi connectivity index (χ2n) is 3.64. The number of pyridine rings is 1. The van der Waals surface area contributed by atoms with Crippen LogP contribution in [0.4, 0.5) is 0 Å². The number of nitrogens with zero attached hydrogens (tertiary/aromatic N) is 2. The van der Waals surface area contributed by atoms with Gasteiger partial charge in [-0.15, -0.1) is 0 Å². The van der Waals surface area contributed by atoms with Gasteiger partial charge in [-0.2, -0.15) is 5.26 Å². The summed E-state index contributed by atoms with van der Waals surface area (Å²) in [6.07, 6.45) is 0. The number of fused-ring (bicyclic) bond motifs is 1. The molecule has 0 fully saturated rings. The highest BCUT2D eigenvalue weighted by Gasteiger charge is 2.11. The van der Waals surface area contributed by atoms with Crippen LogP contribution in [-0.4, -0.2) is 4.57 Å². The van der Waals surface area contributed by atoms with Crippen LogP contribution in [0.5, 0.6) is 0 Å². The fraction of sp³-hybridized carbons (Fsp3) is 0.167. The van der Waals surface area contributed by atoms with Gasteiger partial charge in [-0.1, -0.05) is 17.7 Å². The average Bonchev–Trinajstić information content (AvgIpc) is 2.27. The van der Waals surface area contributed by atoms with Crippen molar-refractivity contribution in [3.63, 3.8) is 0 Å². The van der Waals surface area contributed by atoms with Crippen molar-refractivity contribution in [2.24, 2.45) is 7.05 Å². The van der Waals surface area contributed by atoms with Gasteiger partial charge in [0.2, 0.25) is 0 Å². The first kappa shape index (κ1) is 10.7. The third-order valence-electron chi connectivity index (χ3n) is 2.73. The lowest BCUT2D eigenvalue weighted by atomic mass is 10.1. The van der Waals surface area contributed by atoms with E-state index in [0.717, 1.165) is 10.9 Å². The van der Waals surface area contributed by atoms with Crippen molar-refractivity contribution in [1.29, 1.82) is 5.26 Å². The Morgan fingerprint density at radius 2 is 2.12 bits per heavy atom. The van der Waals surface area contributed by atoms with E-state index in [2.05, 4.69) is 0 Å². The summed E-state index contributed by atoms with van der Waals surface area (Å²) in [5, 5.41) is 10.4. The number of benzene rings is 1. The molecule has 0 aliphatic heterocycles. The highest BCUT2D eigenvalue weighted by molar-refractivity contribution is 6.31. The van der Waals surface area contributed by atoms with E-state index in [1.54, 1.807) is 26.1 Å². The number of nitriles is 1. The molecule has 0 aliphatic rings. The predicted molar refractivity (Wildman–Crippen MR) is 63.7 cm³/mol. The first-order valence-corrected chi connectivity index (χ1v) is 5.13. The molecule has 1 aromatic carbocycles. The molecule has 0 N–H and O–H groups in total. The number of aryl methyl sites for hydroxylation is 2. The topological polar surface area (TPSA) is 45.8 Å². The molecule has 0 atom stereocenters. The second kappa shape index (κ2) is 3.66. The van der Waals surface area contributed by atoms with Crippen LogP contribution in [0.2, 0.25) is 5.02 Å². The van der Waals surface area contributed by atoms with Gasteiger partial charge in [0, 0.05) is 17.5 Å². The molecule has 0 radical (unpaired) electrons. The van der Waals surface area contributed by atoms with Gasteiger partial charge in [0.25, 0.3) is 5.56 Å². The Hall–Kier alpha value is -1.79. The van der Waals surface area contributed by atoms with Gasteiger partial charge >= 0.3 is 0 Å². The first-order valence-electron chi connectivity index (χ1n) is 4.75. The van der Waals surface area contributed by atoms with Crippen molar-refractivity contribution in [3.8, 4) is 6.07 Å². The Kier molecular flexibility index (Phi) is 2.45. The van der Waals surface area contributed by atoms with Crippen LogP contribution in [-0.2, 0) is 7.05 Å². The van der Waals surface area contributed by atoms with E-state index in [4.69, 9.17) is 16.9 Å². The summed E-state index contributed by atoms with van der Waals surface area (Å²) in [6.45, 7) is 1.77. The van der Waals surface area contributed by atoms with Gasteiger partial charge in [0.1, 0.15) is 11.6 Å². The molecule has 1 heterocycles. The fourth-order valence-electron chi connectivity index (χ4n) is 1.80. The lowest BCUT2D eigenvalue weighted by Crippen LogP contribution is -2.21. The fourth-order valence-corrected chi connectivity index (χ4v) is 1.97. The van der Waals surface area contributed by atoms with E-state index in [1.165, 1.54) is 4.57 Å². The second-order valence-corrected chi connectivity index (χ2v) is 4.07. The number of hydrogen-bond acceptors (Lipinski definition) is 2. The van der Waals surface area contributed by atoms with E-state index in [9.17, 15) is 4.79 Å². The third kappa shape index (κ3) is 1.39. The molecule has 0 saturated heterocycles. The summed E-state index contributed by atoms with van der Waals surface area (Å²) in [7, 11) is 1.64. The molecule has 3 nitrogen and oxygen atoms in total. The minimum Gasteiger partial charge on any atom is -0.310 e. The first-order chi connectivity index (χ1) is 7.56. The van der Waals surface area contributed by atoms with Gasteiger partial charge in [-0.25, -0.2) is 0 Å². The largest absolute Gasteiger partial charge is 0.310 e. The van der Waals surface area contributed by atoms with Crippen molar-refractivity contribution in [2.75, 3.05) is 0 Å². The van der Waals surface area contributed by atoms with E-state index in [1.807, 2.05) is 12.1 Å². The van der Waals surface area contributed by atoms with Crippen LogP contribution in [0.3, 0.4) is 0 Å². The maximum Gasteiger partial charge on any atom is 0.268 e. The minimum atomic E-state index is -0.283. The minimum absolute atomic E-state index is 0.192. The Bertz CT molecular complexity index is 680. The number of aromatic nitrogens is 1. The molecule has 0 unspecified atom stereocenters. The maximum atomic E-state index is 11.8. The molecule has 0 amide bonds. The van der Waals surface area contributed by atoms with Crippen molar-refractivity contribution < 1.29 is 0 Å². The highest BCUT2D eigenvalue weighted by Crippen LogP contribution is 2.22. The molecule has 0 spiro atoms. The molecular weight excluding hydrogens is 224 g/mol. The molecule has 2 aromatic rings. The highest BCUT2D eigenvalue weighted by atomic mass is 35.5. The van der Waals surface area contributed by atoms with E-state index < -0.39 is 0 Å². The summed E-state index contributed by atoms with van der Waals surface area (Å²) < 4.78 is 1.45. The van der Waals surface area contributed by atoms with Gasteiger partial charge in [0.05, 0.1) is 5.52 Å². The zero-order chi connectivity index (χ0) is 11.9. The standard InChI is InChI=1S/C12H9ClN2O/c1-7-9-4-3-8(13)5-11(9)15(2)12(16)10(7)6-14/h3-5H,1-2H3. The smallest absolute Gasteiger partial charge is 0.268 e. The summed E-state index contributed by atoms with van der Waals surface area (Å²) in [5.41, 5.74) is 1.36. The molecule has 0 saturated carbocycles. The van der Waals surface area contributed by atoms with E-state index in [0.29, 0.717) is 10.6 Å². The summed E-state index contributed by atoms with van der Waals surface area (Å²) >= 11 is 5.89. The van der Waals surface area contributed by atoms with Crippen molar-refractivity contribution in [1.82, 2.24) is 4.57 Å². The molecule has 2 rings (SSSR count). The van der Waals surface area contributed by atoms with Crippen LogP contribution in [0, 0.1) is 18.3 Å². The molecular formula is C12H9ClN2O. The zero-order valence-electron chi connectivity index (χ0n) is 8.91. The van der Waals surface area contributed by atoms with Crippen molar-refractivity contribution in [3.05, 3.63) is 44.7 Å².